The first kappa shape index (κ1) is 26.2. The number of nitriles is 1. The molecule has 36 heavy (non-hydrogen) atoms. The van der Waals surface area contributed by atoms with E-state index in [0.29, 0.717) is 0 Å². The SMILES string of the molecule is CC(C)(C)[C@H](NC(=O)c1nn(Cc2ccc(C#N)cc2F)c2c(F)c(F)ccc12)C(=O)NCC(N)=O. The Labute approximate surface area is 204 Å². The van der Waals surface area contributed by atoms with Crippen molar-refractivity contribution >= 4 is 28.6 Å². The number of nitrogens with two attached hydrogens (primary N) is 1. The molecule has 4 N–H and O–H groups in total. The number of carbonyl (C=O) groups excluding carboxylic acids is 3. The van der Waals surface area contributed by atoms with Gasteiger partial charge in [0.25, 0.3) is 5.91 Å². The molecule has 188 valence electrons. The molecule has 1 heterocycles. The molecule has 3 aromatic rings. The van der Waals surface area contributed by atoms with Crippen molar-refractivity contribution in [1.82, 2.24) is 20.4 Å². The monoisotopic (exact) mass is 500 g/mol. The third-order valence-corrected chi connectivity index (χ3v) is 5.36. The average molecular weight is 500 g/mol. The summed E-state index contributed by atoms with van der Waals surface area (Å²) in [4.78, 5) is 36.8. The van der Waals surface area contributed by atoms with E-state index in [9.17, 15) is 27.6 Å². The highest BCUT2D eigenvalue weighted by Crippen LogP contribution is 2.26. The van der Waals surface area contributed by atoms with Crippen LogP contribution in [0, 0.1) is 34.2 Å². The average Bonchev–Trinajstić information content (AvgIpc) is 3.17. The van der Waals surface area contributed by atoms with Crippen LogP contribution in [-0.2, 0) is 16.1 Å². The molecular formula is C24H23F3N6O3. The van der Waals surface area contributed by atoms with Crippen LogP contribution >= 0.6 is 0 Å². The molecule has 2 aromatic carbocycles. The predicted molar refractivity (Wildman–Crippen MR) is 123 cm³/mol. The van der Waals surface area contributed by atoms with Crippen molar-refractivity contribution in [3.63, 3.8) is 0 Å². The number of nitrogens with zero attached hydrogens (tertiary/aromatic N) is 3. The van der Waals surface area contributed by atoms with Crippen LogP contribution in [0.4, 0.5) is 13.2 Å². The lowest BCUT2D eigenvalue weighted by Crippen LogP contribution is -2.54. The first-order valence-corrected chi connectivity index (χ1v) is 10.7. The van der Waals surface area contributed by atoms with Crippen LogP contribution in [0.25, 0.3) is 10.9 Å². The minimum absolute atomic E-state index is 0.0208. The van der Waals surface area contributed by atoms with Crippen LogP contribution in [-0.4, -0.2) is 40.1 Å². The Bertz CT molecular complexity index is 1400. The zero-order chi connectivity index (χ0) is 26.8. The highest BCUT2D eigenvalue weighted by atomic mass is 19.2. The van der Waals surface area contributed by atoms with Crippen molar-refractivity contribution in [3.05, 3.63) is 64.6 Å². The number of rotatable bonds is 7. The number of hydrogen-bond donors (Lipinski definition) is 3. The number of primary amides is 1. The summed E-state index contributed by atoms with van der Waals surface area (Å²) in [6.07, 6.45) is 0. The number of aromatic nitrogens is 2. The summed E-state index contributed by atoms with van der Waals surface area (Å²) < 4.78 is 44.3. The number of carbonyl (C=O) groups is 3. The van der Waals surface area contributed by atoms with Gasteiger partial charge in [-0.25, -0.2) is 13.2 Å². The highest BCUT2D eigenvalue weighted by Gasteiger charge is 2.34. The van der Waals surface area contributed by atoms with Crippen LogP contribution in [0.1, 0.15) is 42.4 Å². The lowest BCUT2D eigenvalue weighted by molar-refractivity contribution is -0.128. The van der Waals surface area contributed by atoms with E-state index in [0.717, 1.165) is 22.9 Å². The standard InChI is InChI=1S/C24H23F3N6O3/c1-24(2,3)21(23(36)30-10-17(29)34)31-22(35)19-14-6-7-15(25)18(27)20(14)33(32-19)11-13-5-4-12(9-28)8-16(13)26/h4-8,21H,10-11H2,1-3H3,(H2,29,34)(H,30,36)(H,31,35)/t21-/m1/s1. The van der Waals surface area contributed by atoms with Crippen molar-refractivity contribution in [2.75, 3.05) is 6.54 Å². The molecule has 12 heteroatoms. The number of halogens is 3. The highest BCUT2D eigenvalue weighted by molar-refractivity contribution is 6.06. The Hall–Kier alpha value is -4.40. The molecule has 9 nitrogen and oxygen atoms in total. The van der Waals surface area contributed by atoms with Gasteiger partial charge in [0.15, 0.2) is 17.3 Å². The molecule has 0 aliphatic heterocycles. The van der Waals surface area contributed by atoms with Gasteiger partial charge in [0.1, 0.15) is 17.4 Å². The third kappa shape index (κ3) is 5.46. The normalized spacial score (nSPS) is 12.1. The summed E-state index contributed by atoms with van der Waals surface area (Å²) in [5.74, 6) is -5.59. The first-order chi connectivity index (χ1) is 16.8. The zero-order valence-corrected chi connectivity index (χ0v) is 19.7. The Balaban J connectivity index is 2.03. The van der Waals surface area contributed by atoms with E-state index < -0.39 is 53.2 Å². The number of amides is 3. The quantitative estimate of drug-likeness (QED) is 0.455. The van der Waals surface area contributed by atoms with Crippen LogP contribution in [0.15, 0.2) is 30.3 Å². The molecule has 0 saturated carbocycles. The number of benzene rings is 2. The van der Waals surface area contributed by atoms with Crippen LogP contribution in [0.3, 0.4) is 0 Å². The molecule has 0 bridgehead atoms. The first-order valence-electron chi connectivity index (χ1n) is 10.7. The molecular weight excluding hydrogens is 477 g/mol. The van der Waals surface area contributed by atoms with Crippen molar-refractivity contribution in [1.29, 1.82) is 5.26 Å². The lowest BCUT2D eigenvalue weighted by atomic mass is 9.86. The summed E-state index contributed by atoms with van der Waals surface area (Å²) >= 11 is 0. The van der Waals surface area contributed by atoms with Crippen LogP contribution < -0.4 is 16.4 Å². The summed E-state index contributed by atoms with van der Waals surface area (Å²) in [5, 5.41) is 17.8. The van der Waals surface area contributed by atoms with E-state index in [4.69, 9.17) is 11.0 Å². The van der Waals surface area contributed by atoms with Crippen molar-refractivity contribution in [2.45, 2.75) is 33.4 Å². The van der Waals surface area contributed by atoms with Gasteiger partial charge in [-0.05, 0) is 29.7 Å². The van der Waals surface area contributed by atoms with E-state index in [2.05, 4.69) is 15.7 Å². The van der Waals surface area contributed by atoms with E-state index in [1.54, 1.807) is 26.8 Å². The number of nitrogens with one attached hydrogen (secondary N) is 2. The van der Waals surface area contributed by atoms with E-state index in [-0.39, 0.29) is 34.3 Å². The van der Waals surface area contributed by atoms with E-state index >= 15 is 0 Å². The van der Waals surface area contributed by atoms with Gasteiger partial charge < -0.3 is 16.4 Å². The molecule has 3 amide bonds. The Morgan fingerprint density at radius 1 is 1.14 bits per heavy atom. The zero-order valence-electron chi connectivity index (χ0n) is 19.7. The molecule has 0 unspecified atom stereocenters. The smallest absolute Gasteiger partial charge is 0.273 e. The molecule has 0 radical (unpaired) electrons. The molecule has 0 spiro atoms. The molecule has 0 aliphatic carbocycles. The van der Waals surface area contributed by atoms with Gasteiger partial charge in [-0.1, -0.05) is 26.8 Å². The molecule has 0 aliphatic rings. The van der Waals surface area contributed by atoms with Gasteiger partial charge in [-0.15, -0.1) is 0 Å². The van der Waals surface area contributed by atoms with E-state index in [1.165, 1.54) is 12.1 Å². The summed E-state index contributed by atoms with van der Waals surface area (Å²) in [5.41, 5.74) is 3.63. The van der Waals surface area contributed by atoms with Gasteiger partial charge in [-0.2, -0.15) is 10.4 Å². The summed E-state index contributed by atoms with van der Waals surface area (Å²) in [7, 11) is 0. The summed E-state index contributed by atoms with van der Waals surface area (Å²) in [6, 6.07) is 6.27. The molecule has 3 rings (SSSR count). The minimum atomic E-state index is -1.29. The Morgan fingerprint density at radius 3 is 2.42 bits per heavy atom. The molecule has 0 fully saturated rings. The molecule has 0 saturated heterocycles. The predicted octanol–water partition coefficient (Wildman–Crippen LogP) is 2.12. The topological polar surface area (TPSA) is 143 Å². The van der Waals surface area contributed by atoms with Crippen molar-refractivity contribution in [2.24, 2.45) is 11.1 Å². The Morgan fingerprint density at radius 2 is 1.83 bits per heavy atom. The largest absolute Gasteiger partial charge is 0.368 e. The second kappa shape index (κ2) is 10.1. The van der Waals surface area contributed by atoms with Gasteiger partial charge in [0, 0.05) is 10.9 Å². The second-order valence-corrected chi connectivity index (χ2v) is 9.14. The van der Waals surface area contributed by atoms with Gasteiger partial charge in [-0.3, -0.25) is 19.1 Å². The van der Waals surface area contributed by atoms with Gasteiger partial charge in [0.2, 0.25) is 11.8 Å². The molecule has 1 aromatic heterocycles. The van der Waals surface area contributed by atoms with Gasteiger partial charge >= 0.3 is 0 Å². The fourth-order valence-electron chi connectivity index (χ4n) is 3.55. The number of hydrogen-bond acceptors (Lipinski definition) is 5. The van der Waals surface area contributed by atoms with Gasteiger partial charge in [0.05, 0.1) is 24.7 Å². The Kier molecular flexibility index (Phi) is 7.33. The second-order valence-electron chi connectivity index (χ2n) is 9.14. The van der Waals surface area contributed by atoms with Crippen molar-refractivity contribution < 1.29 is 27.6 Å². The minimum Gasteiger partial charge on any atom is -0.368 e. The van der Waals surface area contributed by atoms with Crippen LogP contribution in [0.5, 0.6) is 0 Å². The fourth-order valence-corrected chi connectivity index (χ4v) is 3.55. The van der Waals surface area contributed by atoms with E-state index in [1.807, 2.05) is 0 Å². The third-order valence-electron chi connectivity index (χ3n) is 5.36. The molecule has 1 atom stereocenters. The maximum Gasteiger partial charge on any atom is 0.273 e. The fraction of sp³-hybridized carbons (Fsp3) is 0.292. The maximum absolute atomic E-state index is 14.8. The maximum atomic E-state index is 14.8. The summed E-state index contributed by atoms with van der Waals surface area (Å²) in [6.45, 7) is 4.19. The van der Waals surface area contributed by atoms with Crippen molar-refractivity contribution in [3.8, 4) is 6.07 Å². The van der Waals surface area contributed by atoms with Crippen LogP contribution in [0.2, 0.25) is 0 Å². The lowest BCUT2D eigenvalue weighted by Gasteiger charge is -2.30. The number of fused-ring (bicyclic) bond motifs is 1.